The SMILES string of the molecule is NC(=NCC1(c2ccc(F)cc2)CC1)N1CCCCC1. The van der Waals surface area contributed by atoms with Crippen molar-refractivity contribution in [2.24, 2.45) is 10.7 Å². The van der Waals surface area contributed by atoms with Crippen molar-refractivity contribution in [1.82, 2.24) is 4.90 Å². The molecule has 0 amide bonds. The maximum Gasteiger partial charge on any atom is 0.191 e. The van der Waals surface area contributed by atoms with Gasteiger partial charge in [-0.15, -0.1) is 0 Å². The van der Waals surface area contributed by atoms with Crippen molar-refractivity contribution in [3.63, 3.8) is 0 Å². The topological polar surface area (TPSA) is 41.6 Å². The van der Waals surface area contributed by atoms with Crippen molar-refractivity contribution in [1.29, 1.82) is 0 Å². The third-order valence-electron chi connectivity index (χ3n) is 4.53. The first-order valence-electron chi connectivity index (χ1n) is 7.51. The van der Waals surface area contributed by atoms with Gasteiger partial charge in [0.2, 0.25) is 0 Å². The van der Waals surface area contributed by atoms with E-state index in [0.717, 1.165) is 32.5 Å². The predicted octanol–water partition coefficient (Wildman–Crippen LogP) is 2.66. The van der Waals surface area contributed by atoms with Gasteiger partial charge in [-0.1, -0.05) is 12.1 Å². The van der Waals surface area contributed by atoms with Crippen LogP contribution in [0.25, 0.3) is 0 Å². The van der Waals surface area contributed by atoms with E-state index in [4.69, 9.17) is 5.73 Å². The number of benzene rings is 1. The van der Waals surface area contributed by atoms with Gasteiger partial charge in [0, 0.05) is 18.5 Å². The minimum absolute atomic E-state index is 0.105. The van der Waals surface area contributed by atoms with Gasteiger partial charge in [-0.2, -0.15) is 0 Å². The molecule has 0 unspecified atom stereocenters. The molecule has 3 nitrogen and oxygen atoms in total. The lowest BCUT2D eigenvalue weighted by Crippen LogP contribution is -2.41. The van der Waals surface area contributed by atoms with Crippen molar-refractivity contribution >= 4 is 5.96 Å². The zero-order valence-corrected chi connectivity index (χ0v) is 11.8. The summed E-state index contributed by atoms with van der Waals surface area (Å²) in [7, 11) is 0. The average Bonchev–Trinajstić information content (AvgIpc) is 3.27. The molecule has 2 aliphatic rings. The summed E-state index contributed by atoms with van der Waals surface area (Å²) >= 11 is 0. The number of hydrogen-bond acceptors (Lipinski definition) is 1. The molecule has 0 bridgehead atoms. The second-order valence-electron chi connectivity index (χ2n) is 6.01. The van der Waals surface area contributed by atoms with Crippen molar-refractivity contribution in [3.05, 3.63) is 35.6 Å². The maximum absolute atomic E-state index is 13.0. The van der Waals surface area contributed by atoms with E-state index in [1.54, 1.807) is 0 Å². The molecule has 1 saturated heterocycles. The van der Waals surface area contributed by atoms with Crippen molar-refractivity contribution in [2.45, 2.75) is 37.5 Å². The minimum Gasteiger partial charge on any atom is -0.370 e. The molecule has 2 N–H and O–H groups in total. The number of guanidine groups is 1. The van der Waals surface area contributed by atoms with Crippen LogP contribution in [-0.2, 0) is 5.41 Å². The Labute approximate surface area is 119 Å². The van der Waals surface area contributed by atoms with Gasteiger partial charge >= 0.3 is 0 Å². The van der Waals surface area contributed by atoms with Crippen LogP contribution in [0.4, 0.5) is 4.39 Å². The highest BCUT2D eigenvalue weighted by Gasteiger charge is 2.44. The van der Waals surface area contributed by atoms with Crippen LogP contribution in [0.3, 0.4) is 0 Å². The Bertz CT molecular complexity index is 485. The van der Waals surface area contributed by atoms with Crippen LogP contribution < -0.4 is 5.73 Å². The van der Waals surface area contributed by atoms with Gasteiger partial charge in [0.05, 0.1) is 6.54 Å². The van der Waals surface area contributed by atoms with Crippen LogP contribution in [0, 0.1) is 5.82 Å². The Morgan fingerprint density at radius 2 is 1.80 bits per heavy atom. The number of nitrogens with zero attached hydrogens (tertiary/aromatic N) is 2. The Kier molecular flexibility index (Phi) is 3.64. The van der Waals surface area contributed by atoms with Crippen LogP contribution in [0.2, 0.25) is 0 Å². The first kappa shape index (κ1) is 13.4. The summed E-state index contributed by atoms with van der Waals surface area (Å²) in [6.45, 7) is 2.78. The predicted molar refractivity (Wildman–Crippen MR) is 79.2 cm³/mol. The van der Waals surface area contributed by atoms with Gasteiger partial charge in [0.1, 0.15) is 5.82 Å². The van der Waals surface area contributed by atoms with Gasteiger partial charge in [0.15, 0.2) is 5.96 Å². The quantitative estimate of drug-likeness (QED) is 0.680. The van der Waals surface area contributed by atoms with E-state index in [9.17, 15) is 4.39 Å². The van der Waals surface area contributed by atoms with Gasteiger partial charge < -0.3 is 10.6 Å². The molecule has 108 valence electrons. The second kappa shape index (κ2) is 5.43. The fraction of sp³-hybridized carbons (Fsp3) is 0.562. The molecule has 4 heteroatoms. The summed E-state index contributed by atoms with van der Waals surface area (Å²) in [5, 5.41) is 0. The smallest absolute Gasteiger partial charge is 0.191 e. The molecule has 20 heavy (non-hydrogen) atoms. The number of rotatable bonds is 3. The number of likely N-dealkylation sites (tertiary alicyclic amines) is 1. The zero-order valence-electron chi connectivity index (χ0n) is 11.8. The maximum atomic E-state index is 13.0. The van der Waals surface area contributed by atoms with Crippen LogP contribution in [0.15, 0.2) is 29.3 Å². The van der Waals surface area contributed by atoms with Gasteiger partial charge in [-0.25, -0.2) is 4.39 Å². The molecule has 1 aromatic carbocycles. The van der Waals surface area contributed by atoms with Gasteiger partial charge in [-0.05, 0) is 49.8 Å². The molecule has 1 saturated carbocycles. The number of aliphatic imine (C=N–C) groups is 1. The first-order chi connectivity index (χ1) is 9.70. The Morgan fingerprint density at radius 3 is 2.40 bits per heavy atom. The van der Waals surface area contributed by atoms with E-state index in [2.05, 4.69) is 9.89 Å². The molecule has 1 aliphatic heterocycles. The van der Waals surface area contributed by atoms with E-state index >= 15 is 0 Å². The summed E-state index contributed by atoms with van der Waals surface area (Å²) in [4.78, 5) is 6.79. The number of hydrogen-bond donors (Lipinski definition) is 1. The van der Waals surface area contributed by atoms with E-state index in [1.807, 2.05) is 12.1 Å². The summed E-state index contributed by atoms with van der Waals surface area (Å²) in [5.41, 5.74) is 7.40. The standard InChI is InChI=1S/C16H22FN3/c17-14-6-4-13(5-7-14)16(8-9-16)12-19-15(18)20-10-2-1-3-11-20/h4-7H,1-3,8-12H2,(H2,18,19). The van der Waals surface area contributed by atoms with Crippen LogP contribution in [0.5, 0.6) is 0 Å². The largest absolute Gasteiger partial charge is 0.370 e. The second-order valence-corrected chi connectivity index (χ2v) is 6.01. The molecule has 3 rings (SSSR count). The van der Waals surface area contributed by atoms with E-state index in [0.29, 0.717) is 5.96 Å². The van der Waals surface area contributed by atoms with Crippen molar-refractivity contribution in [2.75, 3.05) is 19.6 Å². The van der Waals surface area contributed by atoms with Crippen molar-refractivity contribution in [3.8, 4) is 0 Å². The molecule has 1 heterocycles. The molecule has 1 aliphatic carbocycles. The number of halogens is 1. The lowest BCUT2D eigenvalue weighted by Gasteiger charge is -2.28. The fourth-order valence-electron chi connectivity index (χ4n) is 2.95. The molecule has 2 fully saturated rings. The van der Waals surface area contributed by atoms with Crippen molar-refractivity contribution < 1.29 is 4.39 Å². The summed E-state index contributed by atoms with van der Waals surface area (Å²) in [5.74, 6) is 0.499. The van der Waals surface area contributed by atoms with Crippen LogP contribution in [0.1, 0.15) is 37.7 Å². The fourth-order valence-corrected chi connectivity index (χ4v) is 2.95. The molecule has 0 aromatic heterocycles. The van der Waals surface area contributed by atoms with Gasteiger partial charge in [0.25, 0.3) is 0 Å². The summed E-state index contributed by atoms with van der Waals surface area (Å²) < 4.78 is 13.0. The zero-order chi connectivity index (χ0) is 14.0. The summed E-state index contributed by atoms with van der Waals surface area (Å²) in [6.07, 6.45) is 5.95. The minimum atomic E-state index is -0.180. The highest BCUT2D eigenvalue weighted by atomic mass is 19.1. The lowest BCUT2D eigenvalue weighted by molar-refractivity contribution is 0.337. The first-order valence-corrected chi connectivity index (χ1v) is 7.51. The lowest BCUT2D eigenvalue weighted by atomic mass is 9.96. The van der Waals surface area contributed by atoms with E-state index in [1.165, 1.54) is 37.0 Å². The van der Waals surface area contributed by atoms with Gasteiger partial charge in [-0.3, -0.25) is 4.99 Å². The van der Waals surface area contributed by atoms with Crippen LogP contribution in [-0.4, -0.2) is 30.5 Å². The molecule has 0 radical (unpaired) electrons. The molecule has 0 atom stereocenters. The third kappa shape index (κ3) is 2.79. The third-order valence-corrected chi connectivity index (χ3v) is 4.53. The highest BCUT2D eigenvalue weighted by molar-refractivity contribution is 5.78. The Balaban J connectivity index is 1.66. The number of piperidine rings is 1. The van der Waals surface area contributed by atoms with E-state index < -0.39 is 0 Å². The normalized spacial score (nSPS) is 21.9. The molecular formula is C16H22FN3. The summed E-state index contributed by atoms with van der Waals surface area (Å²) in [6, 6.07) is 6.84. The molecular weight excluding hydrogens is 253 g/mol. The highest BCUT2D eigenvalue weighted by Crippen LogP contribution is 2.48. The Hall–Kier alpha value is -1.58. The molecule has 1 aromatic rings. The number of nitrogens with two attached hydrogens (primary N) is 1. The Morgan fingerprint density at radius 1 is 1.15 bits per heavy atom. The van der Waals surface area contributed by atoms with Crippen LogP contribution >= 0.6 is 0 Å². The molecule has 0 spiro atoms. The average molecular weight is 275 g/mol. The monoisotopic (exact) mass is 275 g/mol. The van der Waals surface area contributed by atoms with E-state index in [-0.39, 0.29) is 11.2 Å².